The number of aryl methyl sites for hydroxylation is 2. The lowest BCUT2D eigenvalue weighted by atomic mass is 10.0. The van der Waals surface area contributed by atoms with Gasteiger partial charge in [0, 0.05) is 37.7 Å². The molecule has 3 aromatic heterocycles. The van der Waals surface area contributed by atoms with Gasteiger partial charge in [-0.15, -0.1) is 0 Å². The first kappa shape index (κ1) is 20.0. The van der Waals surface area contributed by atoms with Crippen molar-refractivity contribution >= 4 is 17.4 Å². The second kappa shape index (κ2) is 8.22. The van der Waals surface area contributed by atoms with Crippen LogP contribution >= 0.6 is 0 Å². The number of likely N-dealkylation sites (N-methyl/N-ethyl adjacent to an activating group) is 1. The van der Waals surface area contributed by atoms with Gasteiger partial charge in [0.25, 0.3) is 0 Å². The van der Waals surface area contributed by atoms with E-state index in [0.717, 1.165) is 42.0 Å². The molecule has 1 atom stereocenters. The smallest absolute Gasteiger partial charge is 0.247 e. The van der Waals surface area contributed by atoms with Gasteiger partial charge in [0.1, 0.15) is 17.6 Å². The van der Waals surface area contributed by atoms with Gasteiger partial charge < -0.3 is 10.2 Å². The van der Waals surface area contributed by atoms with Gasteiger partial charge in [-0.3, -0.25) is 14.5 Å². The number of hydrogen-bond acceptors (Lipinski definition) is 6. The van der Waals surface area contributed by atoms with Gasteiger partial charge in [0.15, 0.2) is 5.82 Å². The van der Waals surface area contributed by atoms with Crippen LogP contribution in [0.5, 0.6) is 0 Å². The average molecular weight is 406 g/mol. The summed E-state index contributed by atoms with van der Waals surface area (Å²) < 4.78 is 1.67. The molecule has 1 aliphatic rings. The summed E-state index contributed by atoms with van der Waals surface area (Å²) in [6.07, 6.45) is 8.07. The normalized spacial score (nSPS) is 13.9. The molecule has 0 bridgehead atoms. The molecule has 0 saturated carbocycles. The van der Waals surface area contributed by atoms with Crippen molar-refractivity contribution in [2.45, 2.75) is 39.2 Å². The number of rotatable bonds is 6. The van der Waals surface area contributed by atoms with Gasteiger partial charge in [-0.2, -0.15) is 5.10 Å². The molecule has 3 aromatic rings. The van der Waals surface area contributed by atoms with E-state index in [1.165, 1.54) is 0 Å². The highest BCUT2D eigenvalue weighted by molar-refractivity contribution is 5.97. The summed E-state index contributed by atoms with van der Waals surface area (Å²) in [5.41, 5.74) is 3.62. The lowest BCUT2D eigenvalue weighted by Crippen LogP contribution is -2.46. The van der Waals surface area contributed by atoms with Crippen LogP contribution in [0.3, 0.4) is 0 Å². The number of fused-ring (bicyclic) bond motifs is 1. The molecule has 8 nitrogen and oxygen atoms in total. The largest absolute Gasteiger partial charge is 0.347 e. The summed E-state index contributed by atoms with van der Waals surface area (Å²) >= 11 is 0. The lowest BCUT2D eigenvalue weighted by Gasteiger charge is -2.32. The molecule has 0 fully saturated rings. The minimum Gasteiger partial charge on any atom is -0.347 e. The number of amides is 1. The van der Waals surface area contributed by atoms with E-state index in [9.17, 15) is 4.79 Å². The quantitative estimate of drug-likeness (QED) is 0.678. The van der Waals surface area contributed by atoms with Crippen molar-refractivity contribution in [3.05, 3.63) is 48.0 Å². The van der Waals surface area contributed by atoms with Crippen molar-refractivity contribution in [2.75, 3.05) is 17.3 Å². The summed E-state index contributed by atoms with van der Waals surface area (Å²) in [6.45, 7) is 4.09. The highest BCUT2D eigenvalue weighted by Gasteiger charge is 2.31. The topological polar surface area (TPSA) is 88.8 Å². The van der Waals surface area contributed by atoms with Crippen molar-refractivity contribution in [1.29, 1.82) is 0 Å². The summed E-state index contributed by atoms with van der Waals surface area (Å²) in [6, 6.07) is 5.33. The Balaban J connectivity index is 1.70. The second-order valence-corrected chi connectivity index (χ2v) is 8.06. The van der Waals surface area contributed by atoms with Gasteiger partial charge in [-0.25, -0.2) is 9.97 Å². The van der Waals surface area contributed by atoms with E-state index in [1.807, 2.05) is 51.0 Å². The first-order valence-corrected chi connectivity index (χ1v) is 10.3. The molecule has 8 heteroatoms. The number of pyridine rings is 1. The zero-order valence-corrected chi connectivity index (χ0v) is 17.8. The molecule has 3 heterocycles. The molecule has 1 N–H and O–H groups in total. The van der Waals surface area contributed by atoms with Gasteiger partial charge in [-0.1, -0.05) is 19.9 Å². The summed E-state index contributed by atoms with van der Waals surface area (Å²) in [5, 5.41) is 7.12. The van der Waals surface area contributed by atoms with Crippen LogP contribution in [0.25, 0.3) is 11.5 Å². The van der Waals surface area contributed by atoms with E-state index >= 15 is 0 Å². The molecular formula is C22H27N7O. The van der Waals surface area contributed by atoms with Gasteiger partial charge in [0.05, 0.1) is 11.9 Å². The average Bonchev–Trinajstić information content (AvgIpc) is 3.36. The maximum atomic E-state index is 13.2. The van der Waals surface area contributed by atoms with E-state index in [0.29, 0.717) is 11.5 Å². The first-order valence-electron chi connectivity index (χ1n) is 10.3. The van der Waals surface area contributed by atoms with Crippen LogP contribution in [0.15, 0.2) is 36.8 Å². The third-order valence-electron chi connectivity index (χ3n) is 5.43. The van der Waals surface area contributed by atoms with E-state index < -0.39 is 0 Å². The van der Waals surface area contributed by atoms with E-state index in [4.69, 9.17) is 9.97 Å². The molecule has 0 aliphatic heterocycles. The van der Waals surface area contributed by atoms with E-state index in [1.54, 1.807) is 23.3 Å². The van der Waals surface area contributed by atoms with Crippen molar-refractivity contribution in [1.82, 2.24) is 24.7 Å². The standard InChI is InChI=1S/C22H27N7O/c1-14(2)19(22(30)25-15-12-24-28(3)13-15)29(4)21-16-8-7-10-17(16)26-20(27-21)18-9-5-6-11-23-18/h5-6,9,11-14,19H,7-8,10H2,1-4H3,(H,25,30)/t19-/m1/s1. The molecule has 0 unspecified atom stereocenters. The van der Waals surface area contributed by atoms with Crippen molar-refractivity contribution in [2.24, 2.45) is 13.0 Å². The van der Waals surface area contributed by atoms with Crippen LogP contribution in [0, 0.1) is 5.92 Å². The number of hydrogen-bond donors (Lipinski definition) is 1. The zero-order valence-electron chi connectivity index (χ0n) is 17.8. The van der Waals surface area contributed by atoms with Gasteiger partial charge in [-0.05, 0) is 37.3 Å². The Morgan fingerprint density at radius 3 is 2.73 bits per heavy atom. The lowest BCUT2D eigenvalue weighted by molar-refractivity contribution is -0.118. The Labute approximate surface area is 176 Å². The minimum atomic E-state index is -0.388. The Kier molecular flexibility index (Phi) is 5.48. The first-order chi connectivity index (χ1) is 14.4. The number of nitrogens with one attached hydrogen (secondary N) is 1. The molecule has 30 heavy (non-hydrogen) atoms. The maximum absolute atomic E-state index is 13.2. The Morgan fingerprint density at radius 1 is 1.23 bits per heavy atom. The van der Waals surface area contributed by atoms with Gasteiger partial charge in [0.2, 0.25) is 5.91 Å². The molecule has 1 amide bonds. The number of carbonyl (C=O) groups excluding carboxylic acids is 1. The Hall–Kier alpha value is -3.29. The molecule has 4 rings (SSSR count). The van der Waals surface area contributed by atoms with Crippen LogP contribution in [0.4, 0.5) is 11.5 Å². The summed E-state index contributed by atoms with van der Waals surface area (Å²) in [4.78, 5) is 29.2. The molecule has 0 spiro atoms. The van der Waals surface area contributed by atoms with Gasteiger partial charge >= 0.3 is 0 Å². The predicted molar refractivity (Wildman–Crippen MR) is 116 cm³/mol. The Bertz CT molecular complexity index is 1040. The van der Waals surface area contributed by atoms with E-state index in [2.05, 4.69) is 15.4 Å². The van der Waals surface area contributed by atoms with Crippen LogP contribution in [0.2, 0.25) is 0 Å². The fourth-order valence-corrected chi connectivity index (χ4v) is 4.07. The third kappa shape index (κ3) is 3.90. The van der Waals surface area contributed by atoms with Crippen molar-refractivity contribution in [3.8, 4) is 11.5 Å². The SMILES string of the molecule is CC(C)[C@H](C(=O)Nc1cnn(C)c1)N(C)c1nc(-c2ccccn2)nc2c1CCC2. The van der Waals surface area contributed by atoms with Crippen LogP contribution in [-0.2, 0) is 24.7 Å². The maximum Gasteiger partial charge on any atom is 0.247 e. The summed E-state index contributed by atoms with van der Waals surface area (Å²) in [7, 11) is 3.77. The summed E-state index contributed by atoms with van der Waals surface area (Å²) in [5.74, 6) is 1.42. The third-order valence-corrected chi connectivity index (χ3v) is 5.43. The van der Waals surface area contributed by atoms with Crippen molar-refractivity contribution in [3.63, 3.8) is 0 Å². The molecular weight excluding hydrogens is 378 g/mol. The number of carbonyl (C=O) groups is 1. The number of anilines is 2. The second-order valence-electron chi connectivity index (χ2n) is 8.06. The Morgan fingerprint density at radius 2 is 2.07 bits per heavy atom. The van der Waals surface area contributed by atoms with Crippen LogP contribution in [-0.4, -0.2) is 43.7 Å². The molecule has 0 radical (unpaired) electrons. The van der Waals surface area contributed by atoms with Crippen LogP contribution < -0.4 is 10.2 Å². The highest BCUT2D eigenvalue weighted by Crippen LogP contribution is 2.32. The fourth-order valence-electron chi connectivity index (χ4n) is 4.07. The monoisotopic (exact) mass is 405 g/mol. The molecule has 156 valence electrons. The molecule has 0 aromatic carbocycles. The minimum absolute atomic E-state index is 0.0785. The van der Waals surface area contributed by atoms with Crippen molar-refractivity contribution < 1.29 is 4.79 Å². The molecule has 1 aliphatic carbocycles. The zero-order chi connectivity index (χ0) is 21.3. The number of nitrogens with zero attached hydrogens (tertiary/aromatic N) is 6. The predicted octanol–water partition coefficient (Wildman–Crippen LogP) is 2.86. The highest BCUT2D eigenvalue weighted by atomic mass is 16.2. The van der Waals surface area contributed by atoms with E-state index in [-0.39, 0.29) is 17.9 Å². The fraction of sp³-hybridized carbons (Fsp3) is 0.409. The molecule has 0 saturated heterocycles. The number of aromatic nitrogens is 5. The van der Waals surface area contributed by atoms with Crippen LogP contribution in [0.1, 0.15) is 31.5 Å².